The minimum atomic E-state index is -0.704. The van der Waals surface area contributed by atoms with Crippen LogP contribution in [0, 0.1) is 12.7 Å². The second-order valence-corrected chi connectivity index (χ2v) is 6.92. The van der Waals surface area contributed by atoms with Gasteiger partial charge in [0.05, 0.1) is 6.61 Å². The van der Waals surface area contributed by atoms with E-state index in [-0.39, 0.29) is 11.7 Å². The Balaban J connectivity index is 1.92. The van der Waals surface area contributed by atoms with E-state index in [2.05, 4.69) is 16.9 Å². The highest BCUT2D eigenvalue weighted by Gasteiger charge is 2.32. The smallest absolute Gasteiger partial charge is 0.265 e. The molecular weight excluding hydrogens is 327 g/mol. The van der Waals surface area contributed by atoms with Crippen LogP contribution in [0.25, 0.3) is 0 Å². The first kappa shape index (κ1) is 17.1. The lowest BCUT2D eigenvalue weighted by molar-refractivity contribution is -0.139. The Morgan fingerprint density at radius 2 is 2.29 bits per heavy atom. The molecule has 0 saturated heterocycles. The Morgan fingerprint density at radius 1 is 1.46 bits per heavy atom. The Hall–Kier alpha value is -1.76. The van der Waals surface area contributed by atoms with Gasteiger partial charge < -0.3 is 0 Å². The van der Waals surface area contributed by atoms with Gasteiger partial charge in [-0.1, -0.05) is 12.1 Å². The number of benzene rings is 1. The van der Waals surface area contributed by atoms with Crippen molar-refractivity contribution in [1.82, 2.24) is 10.4 Å². The molecular formula is C18H21FN2O2S. The number of hydrogen-bond acceptors (Lipinski definition) is 4. The molecule has 2 aromatic rings. The predicted molar refractivity (Wildman–Crippen MR) is 92.1 cm³/mol. The molecule has 1 amide bonds. The number of halogens is 1. The highest BCUT2D eigenvalue weighted by Crippen LogP contribution is 2.32. The lowest BCUT2D eigenvalue weighted by Crippen LogP contribution is -2.43. The second-order valence-electron chi connectivity index (χ2n) is 5.92. The number of nitrogens with one attached hydrogen (secondary N) is 1. The van der Waals surface area contributed by atoms with Crippen LogP contribution in [-0.2, 0) is 22.6 Å². The van der Waals surface area contributed by atoms with Crippen LogP contribution in [-0.4, -0.2) is 24.0 Å². The van der Waals surface area contributed by atoms with Gasteiger partial charge in [-0.15, -0.1) is 11.3 Å². The summed E-state index contributed by atoms with van der Waals surface area (Å²) in [6.07, 6.45) is 0.874. The van der Waals surface area contributed by atoms with E-state index >= 15 is 0 Å². The maximum atomic E-state index is 14.5. The van der Waals surface area contributed by atoms with Crippen LogP contribution in [0.5, 0.6) is 0 Å². The van der Waals surface area contributed by atoms with E-state index in [1.807, 2.05) is 17.9 Å². The Morgan fingerprint density at radius 3 is 3.04 bits per heavy atom. The summed E-state index contributed by atoms with van der Waals surface area (Å²) < 4.78 is 14.5. The van der Waals surface area contributed by atoms with E-state index in [0.29, 0.717) is 25.3 Å². The van der Waals surface area contributed by atoms with E-state index < -0.39 is 6.04 Å². The van der Waals surface area contributed by atoms with Crippen molar-refractivity contribution in [1.29, 1.82) is 0 Å². The molecule has 1 aromatic heterocycles. The molecule has 0 radical (unpaired) electrons. The van der Waals surface area contributed by atoms with E-state index in [0.717, 1.165) is 12.0 Å². The Labute approximate surface area is 145 Å². The topological polar surface area (TPSA) is 41.6 Å². The summed E-state index contributed by atoms with van der Waals surface area (Å²) in [5.74, 6) is -0.693. The summed E-state index contributed by atoms with van der Waals surface area (Å²) in [7, 11) is 0. The molecule has 1 aliphatic rings. The molecule has 6 heteroatoms. The Bertz CT molecular complexity index is 732. The van der Waals surface area contributed by atoms with Gasteiger partial charge >= 0.3 is 0 Å². The zero-order chi connectivity index (χ0) is 17.1. The van der Waals surface area contributed by atoms with Crippen molar-refractivity contribution in [2.75, 3.05) is 13.2 Å². The van der Waals surface area contributed by atoms with Crippen LogP contribution in [0.15, 0.2) is 29.6 Å². The van der Waals surface area contributed by atoms with Crippen LogP contribution in [0.3, 0.4) is 0 Å². The first-order chi connectivity index (χ1) is 11.6. The quantitative estimate of drug-likeness (QED) is 0.843. The summed E-state index contributed by atoms with van der Waals surface area (Å²) in [5.41, 5.74) is 4.88. The van der Waals surface area contributed by atoms with Gasteiger partial charge in [0, 0.05) is 23.5 Å². The molecule has 1 N–H and O–H groups in total. The van der Waals surface area contributed by atoms with Gasteiger partial charge in [-0.25, -0.2) is 9.87 Å². The van der Waals surface area contributed by atoms with Gasteiger partial charge in [0.1, 0.15) is 11.9 Å². The van der Waals surface area contributed by atoms with Gasteiger partial charge in [-0.3, -0.25) is 14.5 Å². The molecule has 1 aromatic carbocycles. The lowest BCUT2D eigenvalue weighted by atomic mass is 9.99. The first-order valence-corrected chi connectivity index (χ1v) is 8.95. The molecule has 0 bridgehead atoms. The number of fused-ring (bicyclic) bond motifs is 1. The molecule has 4 nitrogen and oxygen atoms in total. The van der Waals surface area contributed by atoms with E-state index in [4.69, 9.17) is 4.84 Å². The number of aryl methyl sites for hydroxylation is 1. The van der Waals surface area contributed by atoms with E-state index in [1.54, 1.807) is 24.3 Å². The first-order valence-electron chi connectivity index (χ1n) is 8.07. The van der Waals surface area contributed by atoms with Crippen molar-refractivity contribution < 1.29 is 14.0 Å². The largest absolute Gasteiger partial charge is 0.283 e. The van der Waals surface area contributed by atoms with Gasteiger partial charge in [-0.05, 0) is 48.9 Å². The standard InChI is InChI=1S/C18H21FN2O2S/c1-3-23-20-18(22)17(14-5-4-12(2)10-15(14)19)21-8-6-16-13(11-21)7-9-24-16/h4-5,7,9-10,17H,3,6,8,11H2,1-2H3,(H,20,22). The van der Waals surface area contributed by atoms with Crippen molar-refractivity contribution in [3.63, 3.8) is 0 Å². The fourth-order valence-electron chi connectivity index (χ4n) is 3.05. The van der Waals surface area contributed by atoms with E-state index in [1.165, 1.54) is 16.5 Å². The highest BCUT2D eigenvalue weighted by molar-refractivity contribution is 7.10. The summed E-state index contributed by atoms with van der Waals surface area (Å²) in [5, 5.41) is 2.07. The lowest BCUT2D eigenvalue weighted by Gasteiger charge is -2.33. The molecule has 0 aliphatic carbocycles. The number of thiophene rings is 1. The molecule has 1 aliphatic heterocycles. The van der Waals surface area contributed by atoms with Crippen LogP contribution >= 0.6 is 11.3 Å². The van der Waals surface area contributed by atoms with Crippen molar-refractivity contribution in [3.8, 4) is 0 Å². The molecule has 128 valence electrons. The molecule has 1 unspecified atom stereocenters. The second kappa shape index (κ2) is 7.42. The zero-order valence-electron chi connectivity index (χ0n) is 13.8. The number of carbonyl (C=O) groups excluding carboxylic acids is 1. The number of amides is 1. The molecule has 24 heavy (non-hydrogen) atoms. The minimum absolute atomic E-state index is 0.335. The number of nitrogens with zero attached hydrogens (tertiary/aromatic N) is 1. The summed E-state index contributed by atoms with van der Waals surface area (Å²) in [6, 6.07) is 6.37. The fraction of sp³-hybridized carbons (Fsp3) is 0.389. The molecule has 2 heterocycles. The summed E-state index contributed by atoms with van der Waals surface area (Å²) >= 11 is 1.74. The van der Waals surface area contributed by atoms with Crippen molar-refractivity contribution in [2.45, 2.75) is 32.9 Å². The van der Waals surface area contributed by atoms with Crippen molar-refractivity contribution in [3.05, 3.63) is 57.0 Å². The Kier molecular flexibility index (Phi) is 5.28. The normalized spacial score (nSPS) is 15.8. The van der Waals surface area contributed by atoms with Crippen LogP contribution in [0.4, 0.5) is 4.39 Å². The average Bonchev–Trinajstić information content (AvgIpc) is 3.03. The zero-order valence-corrected chi connectivity index (χ0v) is 14.7. The van der Waals surface area contributed by atoms with Crippen molar-refractivity contribution >= 4 is 17.2 Å². The third-order valence-electron chi connectivity index (χ3n) is 4.22. The monoisotopic (exact) mass is 348 g/mol. The summed E-state index contributed by atoms with van der Waals surface area (Å²) in [4.78, 5) is 21.1. The van der Waals surface area contributed by atoms with E-state index in [9.17, 15) is 9.18 Å². The van der Waals surface area contributed by atoms with Crippen LogP contribution in [0.2, 0.25) is 0 Å². The molecule has 3 rings (SSSR count). The number of hydroxylamine groups is 1. The third kappa shape index (κ3) is 3.50. The number of hydrogen-bond donors (Lipinski definition) is 1. The molecule has 1 atom stereocenters. The third-order valence-corrected chi connectivity index (χ3v) is 5.24. The number of rotatable bonds is 5. The fourth-order valence-corrected chi connectivity index (χ4v) is 3.94. The molecule has 0 spiro atoms. The molecule has 0 saturated carbocycles. The van der Waals surface area contributed by atoms with Gasteiger partial charge in [0.15, 0.2) is 0 Å². The van der Waals surface area contributed by atoms with Crippen LogP contribution in [0.1, 0.15) is 34.5 Å². The van der Waals surface area contributed by atoms with Crippen LogP contribution < -0.4 is 5.48 Å². The van der Waals surface area contributed by atoms with Gasteiger partial charge in [0.2, 0.25) is 0 Å². The highest BCUT2D eigenvalue weighted by atomic mass is 32.1. The molecule has 0 fully saturated rings. The number of carbonyl (C=O) groups is 1. The maximum absolute atomic E-state index is 14.5. The minimum Gasteiger partial charge on any atom is -0.283 e. The maximum Gasteiger partial charge on any atom is 0.265 e. The average molecular weight is 348 g/mol. The van der Waals surface area contributed by atoms with Gasteiger partial charge in [0.25, 0.3) is 5.91 Å². The summed E-state index contributed by atoms with van der Waals surface area (Å²) in [6.45, 7) is 5.34. The SMILES string of the molecule is CCONC(=O)C(c1ccc(C)cc1F)N1CCc2sccc2C1. The van der Waals surface area contributed by atoms with Crippen molar-refractivity contribution in [2.24, 2.45) is 0 Å². The predicted octanol–water partition coefficient (Wildman–Crippen LogP) is 3.36. The van der Waals surface area contributed by atoms with Gasteiger partial charge in [-0.2, -0.15) is 0 Å².